The Morgan fingerprint density at radius 1 is 1.08 bits per heavy atom. The molecule has 0 aliphatic rings. The average molecular weight is 329 g/mol. The molecule has 0 saturated carbocycles. The number of carbonyl (C=O) groups excluding carboxylic acids is 1. The molecule has 1 amide bonds. The largest absolute Gasteiger partial charge is 0.497 e. The molecule has 128 valence electrons. The van der Waals surface area contributed by atoms with E-state index < -0.39 is 6.10 Å². The topological polar surface area (TPSA) is 56.8 Å². The van der Waals surface area contributed by atoms with Gasteiger partial charge >= 0.3 is 0 Å². The lowest BCUT2D eigenvalue weighted by Gasteiger charge is -2.16. The molecule has 5 nitrogen and oxygen atoms in total. The molecule has 0 aliphatic carbocycles. The van der Waals surface area contributed by atoms with Gasteiger partial charge in [-0.2, -0.15) is 0 Å². The molecule has 0 heterocycles. The first-order chi connectivity index (χ1) is 11.5. The van der Waals surface area contributed by atoms with Gasteiger partial charge in [0, 0.05) is 18.2 Å². The van der Waals surface area contributed by atoms with Gasteiger partial charge in [-0.3, -0.25) is 4.79 Å². The van der Waals surface area contributed by atoms with Gasteiger partial charge in [-0.05, 0) is 43.7 Å². The average Bonchev–Trinajstić information content (AvgIpc) is 2.59. The molecule has 2 aromatic carbocycles. The smallest absolute Gasteiger partial charge is 0.261 e. The zero-order valence-corrected chi connectivity index (χ0v) is 14.5. The first-order valence-corrected chi connectivity index (χ1v) is 7.75. The van der Waals surface area contributed by atoms with E-state index in [4.69, 9.17) is 14.2 Å². The number of hydrogen-bond acceptors (Lipinski definition) is 4. The summed E-state index contributed by atoms with van der Waals surface area (Å²) in [5.74, 6) is 1.87. The Bertz CT molecular complexity index is 700. The Morgan fingerprint density at radius 3 is 2.54 bits per heavy atom. The standard InChI is InChI=1S/C19H23NO4/c1-13-6-5-7-17(10-13)24-14(2)19(21)20-12-15-8-9-16(22-3)11-18(15)23-4/h5-11,14H,12H2,1-4H3,(H,20,21). The summed E-state index contributed by atoms with van der Waals surface area (Å²) in [7, 11) is 3.18. The summed E-state index contributed by atoms with van der Waals surface area (Å²) in [6, 6.07) is 13.1. The van der Waals surface area contributed by atoms with Gasteiger partial charge in [-0.15, -0.1) is 0 Å². The molecule has 1 atom stereocenters. The van der Waals surface area contributed by atoms with E-state index >= 15 is 0 Å². The molecular weight excluding hydrogens is 306 g/mol. The molecule has 0 spiro atoms. The van der Waals surface area contributed by atoms with Crippen LogP contribution in [0.2, 0.25) is 0 Å². The first-order valence-electron chi connectivity index (χ1n) is 7.75. The number of benzene rings is 2. The molecule has 24 heavy (non-hydrogen) atoms. The Hall–Kier alpha value is -2.69. The Morgan fingerprint density at radius 2 is 1.88 bits per heavy atom. The van der Waals surface area contributed by atoms with E-state index in [1.54, 1.807) is 27.2 Å². The molecule has 0 radical (unpaired) electrons. The minimum absolute atomic E-state index is 0.186. The summed E-state index contributed by atoms with van der Waals surface area (Å²) < 4.78 is 16.2. The van der Waals surface area contributed by atoms with E-state index in [-0.39, 0.29) is 5.91 Å². The van der Waals surface area contributed by atoms with Gasteiger partial charge in [0.15, 0.2) is 6.10 Å². The van der Waals surface area contributed by atoms with Crippen LogP contribution in [0.4, 0.5) is 0 Å². The van der Waals surface area contributed by atoms with Gasteiger partial charge in [0.25, 0.3) is 5.91 Å². The third-order valence-corrected chi connectivity index (χ3v) is 3.62. The van der Waals surface area contributed by atoms with E-state index in [2.05, 4.69) is 5.32 Å². The first kappa shape index (κ1) is 17.7. The van der Waals surface area contributed by atoms with Crippen LogP contribution in [0, 0.1) is 6.92 Å². The van der Waals surface area contributed by atoms with Crippen molar-refractivity contribution in [3.05, 3.63) is 53.6 Å². The minimum atomic E-state index is -0.587. The lowest BCUT2D eigenvalue weighted by molar-refractivity contribution is -0.127. The molecule has 2 aromatic rings. The predicted molar refractivity (Wildman–Crippen MR) is 92.7 cm³/mol. The monoisotopic (exact) mass is 329 g/mol. The molecule has 0 aliphatic heterocycles. The Balaban J connectivity index is 1.95. The molecule has 0 saturated heterocycles. The second-order valence-electron chi connectivity index (χ2n) is 5.47. The van der Waals surface area contributed by atoms with Gasteiger partial charge in [0.2, 0.25) is 0 Å². The highest BCUT2D eigenvalue weighted by Crippen LogP contribution is 2.24. The number of rotatable bonds is 7. The van der Waals surface area contributed by atoms with Crippen LogP contribution >= 0.6 is 0 Å². The third kappa shape index (κ3) is 4.65. The lowest BCUT2D eigenvalue weighted by Crippen LogP contribution is -2.36. The molecule has 0 aromatic heterocycles. The van der Waals surface area contributed by atoms with E-state index in [0.717, 1.165) is 11.1 Å². The van der Waals surface area contributed by atoms with Crippen LogP contribution in [0.15, 0.2) is 42.5 Å². The van der Waals surface area contributed by atoms with Crippen LogP contribution in [-0.2, 0) is 11.3 Å². The van der Waals surface area contributed by atoms with Crippen molar-refractivity contribution in [1.29, 1.82) is 0 Å². The second-order valence-corrected chi connectivity index (χ2v) is 5.47. The van der Waals surface area contributed by atoms with Crippen LogP contribution < -0.4 is 19.5 Å². The van der Waals surface area contributed by atoms with E-state index in [0.29, 0.717) is 23.8 Å². The normalized spacial score (nSPS) is 11.5. The van der Waals surface area contributed by atoms with Crippen LogP contribution in [-0.4, -0.2) is 26.2 Å². The summed E-state index contributed by atoms with van der Waals surface area (Å²) >= 11 is 0. The summed E-state index contributed by atoms with van der Waals surface area (Å²) in [5, 5.41) is 2.86. The van der Waals surface area contributed by atoms with Crippen LogP contribution in [0.3, 0.4) is 0 Å². The number of carbonyl (C=O) groups is 1. The minimum Gasteiger partial charge on any atom is -0.497 e. The number of hydrogen-bond donors (Lipinski definition) is 1. The summed E-state index contributed by atoms with van der Waals surface area (Å²) in [6.07, 6.45) is -0.587. The molecule has 5 heteroatoms. The van der Waals surface area contributed by atoms with Crippen LogP contribution in [0.1, 0.15) is 18.1 Å². The number of amides is 1. The molecule has 1 unspecified atom stereocenters. The second kappa shape index (κ2) is 8.24. The van der Waals surface area contributed by atoms with Gasteiger partial charge in [-0.1, -0.05) is 12.1 Å². The van der Waals surface area contributed by atoms with Gasteiger partial charge in [-0.25, -0.2) is 0 Å². The molecule has 2 rings (SSSR count). The highest BCUT2D eigenvalue weighted by Gasteiger charge is 2.15. The van der Waals surface area contributed by atoms with Crippen molar-refractivity contribution >= 4 is 5.91 Å². The number of aryl methyl sites for hydroxylation is 1. The van der Waals surface area contributed by atoms with E-state index in [1.165, 1.54) is 0 Å². The fraction of sp³-hybridized carbons (Fsp3) is 0.316. The summed E-state index contributed by atoms with van der Waals surface area (Å²) in [4.78, 5) is 12.2. The van der Waals surface area contributed by atoms with Crippen molar-refractivity contribution in [2.45, 2.75) is 26.5 Å². The molecular formula is C19H23NO4. The van der Waals surface area contributed by atoms with Crippen LogP contribution in [0.25, 0.3) is 0 Å². The third-order valence-electron chi connectivity index (χ3n) is 3.62. The maximum atomic E-state index is 12.2. The Labute approximate surface area is 142 Å². The van der Waals surface area contributed by atoms with E-state index in [9.17, 15) is 4.79 Å². The number of nitrogens with one attached hydrogen (secondary N) is 1. The zero-order valence-electron chi connectivity index (χ0n) is 14.5. The van der Waals surface area contributed by atoms with Gasteiger partial charge < -0.3 is 19.5 Å². The molecule has 0 bridgehead atoms. The summed E-state index contributed by atoms with van der Waals surface area (Å²) in [5.41, 5.74) is 1.96. The summed E-state index contributed by atoms with van der Waals surface area (Å²) in [6.45, 7) is 4.06. The fourth-order valence-electron chi connectivity index (χ4n) is 2.27. The maximum Gasteiger partial charge on any atom is 0.261 e. The highest BCUT2D eigenvalue weighted by atomic mass is 16.5. The zero-order chi connectivity index (χ0) is 17.5. The van der Waals surface area contributed by atoms with Gasteiger partial charge in [0.05, 0.1) is 14.2 Å². The fourth-order valence-corrected chi connectivity index (χ4v) is 2.27. The maximum absolute atomic E-state index is 12.2. The van der Waals surface area contributed by atoms with Crippen molar-refractivity contribution in [1.82, 2.24) is 5.32 Å². The van der Waals surface area contributed by atoms with E-state index in [1.807, 2.05) is 43.3 Å². The quantitative estimate of drug-likeness (QED) is 0.848. The predicted octanol–water partition coefficient (Wildman–Crippen LogP) is 3.10. The van der Waals surface area contributed by atoms with Crippen molar-refractivity contribution in [3.8, 4) is 17.2 Å². The van der Waals surface area contributed by atoms with Gasteiger partial charge in [0.1, 0.15) is 17.2 Å². The van der Waals surface area contributed by atoms with Crippen molar-refractivity contribution < 1.29 is 19.0 Å². The lowest BCUT2D eigenvalue weighted by atomic mass is 10.2. The van der Waals surface area contributed by atoms with Crippen molar-refractivity contribution in [2.75, 3.05) is 14.2 Å². The Kier molecular flexibility index (Phi) is 6.07. The molecule has 0 fully saturated rings. The SMILES string of the molecule is COc1ccc(CNC(=O)C(C)Oc2cccc(C)c2)c(OC)c1. The van der Waals surface area contributed by atoms with Crippen LogP contribution in [0.5, 0.6) is 17.2 Å². The van der Waals surface area contributed by atoms with Crippen molar-refractivity contribution in [3.63, 3.8) is 0 Å². The highest BCUT2D eigenvalue weighted by molar-refractivity contribution is 5.80. The number of ether oxygens (including phenoxy) is 3. The molecule has 1 N–H and O–H groups in total. The number of methoxy groups -OCH3 is 2. The van der Waals surface area contributed by atoms with Crippen molar-refractivity contribution in [2.24, 2.45) is 0 Å².